The molecule has 0 aliphatic heterocycles. The fourth-order valence-electron chi connectivity index (χ4n) is 2.60. The fourth-order valence-corrected chi connectivity index (χ4v) is 2.60. The van der Waals surface area contributed by atoms with Crippen LogP contribution in [-0.2, 0) is 4.89 Å². The molecule has 0 saturated carbocycles. The number of para-hydroxylation sites is 2. The molecule has 0 fully saturated rings. The van der Waals surface area contributed by atoms with Gasteiger partial charge in [0.15, 0.2) is 5.78 Å². The average Bonchev–Trinajstić information content (AvgIpc) is 2.73. The van der Waals surface area contributed by atoms with E-state index < -0.39 is 17.7 Å². The molecule has 7 heteroatoms. The summed E-state index contributed by atoms with van der Waals surface area (Å²) < 4.78 is 5.32. The topological polar surface area (TPSA) is 110 Å². The van der Waals surface area contributed by atoms with E-state index in [1.165, 1.54) is 48.5 Å². The Labute approximate surface area is 159 Å². The zero-order chi connectivity index (χ0) is 20.1. The van der Waals surface area contributed by atoms with Crippen LogP contribution < -0.4 is 4.74 Å². The Morgan fingerprint density at radius 1 is 0.643 bits per heavy atom. The molecule has 140 valence electrons. The zero-order valence-corrected chi connectivity index (χ0v) is 14.4. The number of ether oxygens (including phenoxy) is 1. The van der Waals surface area contributed by atoms with Crippen LogP contribution in [0, 0.1) is 0 Å². The van der Waals surface area contributed by atoms with Crippen molar-refractivity contribution in [2.75, 3.05) is 0 Å². The molecule has 0 amide bonds. The molecule has 3 rings (SSSR count). The predicted octanol–water partition coefficient (Wildman–Crippen LogP) is 3.47. The van der Waals surface area contributed by atoms with E-state index in [2.05, 4.69) is 4.89 Å². The van der Waals surface area contributed by atoms with Gasteiger partial charge in [-0.2, -0.15) is 5.26 Å². The predicted molar refractivity (Wildman–Crippen MR) is 97.4 cm³/mol. The van der Waals surface area contributed by atoms with Crippen molar-refractivity contribution in [2.45, 2.75) is 0 Å². The van der Waals surface area contributed by atoms with Crippen molar-refractivity contribution in [1.29, 1.82) is 0 Å². The van der Waals surface area contributed by atoms with Crippen molar-refractivity contribution in [3.05, 3.63) is 95.1 Å². The third-order valence-corrected chi connectivity index (χ3v) is 3.93. The summed E-state index contributed by atoms with van der Waals surface area (Å²) in [6.07, 6.45) is 0. The number of hydrogen-bond donors (Lipinski definition) is 2. The molecule has 0 unspecified atom stereocenters. The second kappa shape index (κ2) is 8.15. The lowest BCUT2D eigenvalue weighted by Crippen LogP contribution is -2.16. The number of rotatable bonds is 5. The Morgan fingerprint density at radius 2 is 1.14 bits per heavy atom. The van der Waals surface area contributed by atoms with Crippen LogP contribution in [0.4, 0.5) is 0 Å². The van der Waals surface area contributed by atoms with Gasteiger partial charge >= 0.3 is 11.9 Å². The molecule has 0 aliphatic carbocycles. The first-order valence-electron chi connectivity index (χ1n) is 8.11. The van der Waals surface area contributed by atoms with Crippen molar-refractivity contribution in [3.63, 3.8) is 0 Å². The molecule has 0 aliphatic rings. The summed E-state index contributed by atoms with van der Waals surface area (Å²) in [5, 5.41) is 18.5. The van der Waals surface area contributed by atoms with E-state index in [4.69, 9.17) is 9.99 Å². The first kappa shape index (κ1) is 18.8. The van der Waals surface area contributed by atoms with Gasteiger partial charge in [0, 0.05) is 0 Å². The van der Waals surface area contributed by atoms with Gasteiger partial charge in [0.25, 0.3) is 0 Å². The number of hydrogen-bond acceptors (Lipinski definition) is 7. The van der Waals surface area contributed by atoms with Gasteiger partial charge in [-0.3, -0.25) is 9.68 Å². The second-order valence-electron chi connectivity index (χ2n) is 5.66. The smallest absolute Gasteiger partial charge is 0.373 e. The number of ketones is 1. The molecule has 0 atom stereocenters. The summed E-state index contributed by atoms with van der Waals surface area (Å²) in [6.45, 7) is 0. The van der Waals surface area contributed by atoms with Gasteiger partial charge in [-0.25, -0.2) is 9.59 Å². The number of aromatic hydroxyl groups is 1. The van der Waals surface area contributed by atoms with Crippen LogP contribution in [0.25, 0.3) is 0 Å². The number of carbonyl (C=O) groups excluding carboxylic acids is 3. The summed E-state index contributed by atoms with van der Waals surface area (Å²) >= 11 is 0. The summed E-state index contributed by atoms with van der Waals surface area (Å²) in [7, 11) is 0. The Kier molecular flexibility index (Phi) is 5.48. The third-order valence-electron chi connectivity index (χ3n) is 3.93. The summed E-state index contributed by atoms with van der Waals surface area (Å²) in [5.74, 6) is -2.83. The normalized spacial score (nSPS) is 10.2. The molecule has 3 aromatic carbocycles. The zero-order valence-electron chi connectivity index (χ0n) is 14.4. The molecular formula is C21H14O7. The minimum Gasteiger partial charge on any atom is -0.507 e. The molecule has 28 heavy (non-hydrogen) atoms. The molecule has 0 radical (unpaired) electrons. The molecule has 0 heterocycles. The molecule has 0 aromatic heterocycles. The maximum absolute atomic E-state index is 12.8. The van der Waals surface area contributed by atoms with E-state index in [0.717, 1.165) is 0 Å². The van der Waals surface area contributed by atoms with Gasteiger partial charge in [0.05, 0.1) is 22.3 Å². The maximum atomic E-state index is 12.8. The molecule has 0 saturated heterocycles. The number of phenols is 1. The summed E-state index contributed by atoms with van der Waals surface area (Å²) in [4.78, 5) is 40.6. The number of esters is 1. The van der Waals surface area contributed by atoms with E-state index in [1.807, 2.05) is 0 Å². The average molecular weight is 378 g/mol. The Hall–Kier alpha value is -3.97. The highest BCUT2D eigenvalue weighted by atomic mass is 17.1. The van der Waals surface area contributed by atoms with Gasteiger partial charge in [-0.05, 0) is 36.4 Å². The Balaban J connectivity index is 1.95. The minimum absolute atomic E-state index is 0.0482. The van der Waals surface area contributed by atoms with Crippen LogP contribution in [0.15, 0.2) is 72.8 Å². The molecular weight excluding hydrogens is 364 g/mol. The minimum atomic E-state index is -1.12. The molecule has 2 N–H and O–H groups in total. The van der Waals surface area contributed by atoms with Crippen molar-refractivity contribution >= 4 is 17.7 Å². The monoisotopic (exact) mass is 378 g/mol. The number of carbonyl (C=O) groups is 3. The lowest BCUT2D eigenvalue weighted by molar-refractivity contribution is -0.182. The van der Waals surface area contributed by atoms with Crippen LogP contribution in [0.3, 0.4) is 0 Å². The first-order valence-corrected chi connectivity index (χ1v) is 8.11. The van der Waals surface area contributed by atoms with E-state index >= 15 is 0 Å². The molecule has 3 aromatic rings. The van der Waals surface area contributed by atoms with Gasteiger partial charge in [0.1, 0.15) is 11.5 Å². The summed E-state index contributed by atoms with van der Waals surface area (Å²) in [5.41, 5.74) is -0.235. The largest absolute Gasteiger partial charge is 0.507 e. The van der Waals surface area contributed by atoms with Crippen LogP contribution in [0.1, 0.15) is 36.6 Å². The van der Waals surface area contributed by atoms with Crippen molar-refractivity contribution in [1.82, 2.24) is 0 Å². The quantitative estimate of drug-likeness (QED) is 0.230. The van der Waals surface area contributed by atoms with Crippen LogP contribution >= 0.6 is 0 Å². The van der Waals surface area contributed by atoms with Gasteiger partial charge < -0.3 is 9.84 Å². The van der Waals surface area contributed by atoms with Crippen molar-refractivity contribution in [2.24, 2.45) is 0 Å². The second-order valence-corrected chi connectivity index (χ2v) is 5.66. The third kappa shape index (κ3) is 3.74. The molecule has 0 bridgehead atoms. The maximum Gasteiger partial charge on any atom is 0.373 e. The van der Waals surface area contributed by atoms with E-state index in [-0.39, 0.29) is 33.8 Å². The Morgan fingerprint density at radius 3 is 1.75 bits per heavy atom. The van der Waals surface area contributed by atoms with Gasteiger partial charge in [-0.15, -0.1) is 0 Å². The lowest BCUT2D eigenvalue weighted by atomic mass is 10.0. The van der Waals surface area contributed by atoms with Crippen LogP contribution in [0.2, 0.25) is 0 Å². The highest BCUT2D eigenvalue weighted by Gasteiger charge is 2.23. The SMILES string of the molecule is O=C(c1ccccc1O)c1ccccc1OC(=O)c1ccccc1C(=O)OO. The van der Waals surface area contributed by atoms with Crippen LogP contribution in [-0.4, -0.2) is 28.1 Å². The number of phenolic OH excluding ortho intramolecular Hbond substituents is 1. The van der Waals surface area contributed by atoms with E-state index in [0.29, 0.717) is 0 Å². The van der Waals surface area contributed by atoms with Crippen molar-refractivity contribution < 1.29 is 34.4 Å². The van der Waals surface area contributed by atoms with E-state index in [9.17, 15) is 19.5 Å². The van der Waals surface area contributed by atoms with Crippen LogP contribution in [0.5, 0.6) is 11.5 Å². The van der Waals surface area contributed by atoms with E-state index in [1.54, 1.807) is 24.3 Å². The first-order chi connectivity index (χ1) is 13.5. The van der Waals surface area contributed by atoms with Gasteiger partial charge in [0.2, 0.25) is 0 Å². The fraction of sp³-hybridized carbons (Fsp3) is 0. The standard InChI is InChI=1S/C21H14O7/c22-17-11-5-3-9-15(17)19(23)16-10-4-6-12-18(16)27-20(24)13-7-1-2-8-14(13)21(25)28-26/h1-12,22,26H. The molecule has 0 spiro atoms. The lowest BCUT2D eigenvalue weighted by Gasteiger charge is -2.11. The summed E-state index contributed by atoms with van der Waals surface area (Å²) in [6, 6.07) is 17.6. The number of benzene rings is 3. The highest BCUT2D eigenvalue weighted by molar-refractivity contribution is 6.13. The Bertz CT molecular complexity index is 1060. The van der Waals surface area contributed by atoms with Gasteiger partial charge in [-0.1, -0.05) is 36.4 Å². The van der Waals surface area contributed by atoms with Crippen molar-refractivity contribution in [3.8, 4) is 11.5 Å². The highest BCUT2D eigenvalue weighted by Crippen LogP contribution is 2.26. The molecule has 7 nitrogen and oxygen atoms in total.